The zero-order valence-electron chi connectivity index (χ0n) is 21.6. The van der Waals surface area contributed by atoms with E-state index in [0.717, 1.165) is 16.7 Å². The molecule has 4 aliphatic rings. The first kappa shape index (κ1) is 24.2. The Morgan fingerprint density at radius 2 is 1.92 bits per heavy atom. The minimum absolute atomic E-state index is 0.0200. The predicted molar refractivity (Wildman–Crippen MR) is 140 cm³/mol. The molecule has 3 aromatic carbocycles. The third kappa shape index (κ3) is 3.13. The molecule has 4 atom stereocenters. The predicted octanol–water partition coefficient (Wildman–Crippen LogP) is 4.35. The molecule has 0 amide bonds. The molecule has 0 saturated carbocycles. The van der Waals surface area contributed by atoms with E-state index in [-0.39, 0.29) is 35.3 Å². The maximum atomic E-state index is 14.7. The Morgan fingerprint density at radius 3 is 2.72 bits per heavy atom. The van der Waals surface area contributed by atoms with Crippen molar-refractivity contribution in [1.82, 2.24) is 4.90 Å². The van der Waals surface area contributed by atoms with Crippen LogP contribution in [0.5, 0.6) is 17.2 Å². The lowest BCUT2D eigenvalue weighted by Gasteiger charge is -2.61. The largest absolute Gasteiger partial charge is 0.507 e. The number of likely N-dealkylation sites (N-methyl/N-ethyl adjacent to an activating group) is 1. The van der Waals surface area contributed by atoms with Crippen LogP contribution in [0, 0.1) is 12.7 Å². The molecule has 7 nitrogen and oxygen atoms in total. The van der Waals surface area contributed by atoms with Crippen molar-refractivity contribution in [2.24, 2.45) is 0 Å². The normalized spacial score (nSPS) is 28.4. The number of halogens is 1. The number of esters is 1. The van der Waals surface area contributed by atoms with E-state index in [1.807, 2.05) is 13.1 Å². The fraction of sp³-hybridized carbons (Fsp3) is 0.323. The standard InChI is InChI=1S/C31H28FNO6/c1-16-3-6-19(21(32)13-16)17-4-7-22(34)20(14-17)29(36)38-24-9-10-31(37)25-15-18-5-8-23(35)27-26(18)30(31,28(24)39-27)11-12-33(25)2/h3-9,13-14,25,28,34-35,37H,10-12,15H2,1-2H3. The Kier molecular flexibility index (Phi) is 5.00. The fourth-order valence-corrected chi connectivity index (χ4v) is 7.32. The Hall–Kier alpha value is -3.88. The van der Waals surface area contributed by atoms with Crippen LogP contribution in [0.25, 0.3) is 11.1 Å². The van der Waals surface area contributed by atoms with Crippen LogP contribution in [-0.4, -0.2) is 57.5 Å². The second-order valence-corrected chi connectivity index (χ2v) is 11.2. The number of carbonyl (C=O) groups is 1. The van der Waals surface area contributed by atoms with Crippen LogP contribution < -0.4 is 4.74 Å². The summed E-state index contributed by atoms with van der Waals surface area (Å²) in [6.07, 6.45) is 2.25. The summed E-state index contributed by atoms with van der Waals surface area (Å²) in [5.74, 6) is -1.02. The number of nitrogens with zero attached hydrogens (tertiary/aromatic N) is 1. The molecule has 0 radical (unpaired) electrons. The molecule has 39 heavy (non-hydrogen) atoms. The number of benzene rings is 3. The summed E-state index contributed by atoms with van der Waals surface area (Å²) in [7, 11) is 2.00. The molecule has 2 bridgehead atoms. The molecule has 2 aliphatic heterocycles. The number of phenols is 2. The number of aliphatic hydroxyl groups is 1. The molecule has 4 unspecified atom stereocenters. The number of piperidine rings is 1. The van der Waals surface area contributed by atoms with Crippen molar-refractivity contribution in [3.05, 3.63) is 88.4 Å². The molecule has 1 saturated heterocycles. The van der Waals surface area contributed by atoms with E-state index in [4.69, 9.17) is 9.47 Å². The van der Waals surface area contributed by atoms with E-state index >= 15 is 0 Å². The van der Waals surface area contributed by atoms with Crippen LogP contribution in [0.4, 0.5) is 4.39 Å². The van der Waals surface area contributed by atoms with Crippen LogP contribution in [-0.2, 0) is 16.6 Å². The Labute approximate surface area is 224 Å². The summed E-state index contributed by atoms with van der Waals surface area (Å²) in [6, 6.07) is 12.4. The molecular formula is C31H28FNO6. The Bertz CT molecular complexity index is 1600. The molecule has 7 rings (SSSR count). The van der Waals surface area contributed by atoms with Gasteiger partial charge in [-0.3, -0.25) is 0 Å². The number of rotatable bonds is 3. The lowest BCUT2D eigenvalue weighted by Crippen LogP contribution is -2.74. The lowest BCUT2D eigenvalue weighted by molar-refractivity contribution is -0.163. The highest BCUT2D eigenvalue weighted by molar-refractivity contribution is 5.94. The van der Waals surface area contributed by atoms with Crippen molar-refractivity contribution in [2.75, 3.05) is 13.6 Å². The fourth-order valence-electron chi connectivity index (χ4n) is 7.32. The SMILES string of the molecule is Cc1ccc(-c2ccc(O)c(C(=O)OC3=CCC4(O)C5Cc6ccc(O)c7c6C4(CCN5C)C3O7)c2)c(F)c1. The van der Waals surface area contributed by atoms with Crippen LogP contribution in [0.15, 0.2) is 60.4 Å². The number of aryl methyl sites for hydroxylation is 1. The number of likely N-dealkylation sites (tertiary alicyclic amines) is 1. The van der Waals surface area contributed by atoms with Gasteiger partial charge in [0.25, 0.3) is 0 Å². The van der Waals surface area contributed by atoms with Crippen molar-refractivity contribution in [1.29, 1.82) is 0 Å². The van der Waals surface area contributed by atoms with E-state index in [9.17, 15) is 24.5 Å². The third-order valence-corrected chi connectivity index (χ3v) is 9.22. The first-order chi connectivity index (χ1) is 18.6. The van der Waals surface area contributed by atoms with Gasteiger partial charge in [0.15, 0.2) is 17.6 Å². The Morgan fingerprint density at radius 1 is 1.13 bits per heavy atom. The van der Waals surface area contributed by atoms with Crippen molar-refractivity contribution in [2.45, 2.75) is 49.3 Å². The molecule has 2 aliphatic carbocycles. The van der Waals surface area contributed by atoms with Gasteiger partial charge in [-0.1, -0.05) is 24.3 Å². The maximum Gasteiger partial charge on any atom is 0.347 e. The van der Waals surface area contributed by atoms with Gasteiger partial charge in [0.1, 0.15) is 22.9 Å². The molecule has 1 spiro atoms. The van der Waals surface area contributed by atoms with Crippen LogP contribution >= 0.6 is 0 Å². The van der Waals surface area contributed by atoms with Crippen molar-refractivity contribution in [3.63, 3.8) is 0 Å². The number of carbonyl (C=O) groups excluding carboxylic acids is 1. The monoisotopic (exact) mass is 529 g/mol. The molecule has 1 fully saturated rings. The minimum Gasteiger partial charge on any atom is -0.507 e. The number of ether oxygens (including phenoxy) is 2. The van der Waals surface area contributed by atoms with E-state index in [2.05, 4.69) is 4.90 Å². The summed E-state index contributed by atoms with van der Waals surface area (Å²) in [4.78, 5) is 15.6. The zero-order valence-corrected chi connectivity index (χ0v) is 21.6. The van der Waals surface area contributed by atoms with Gasteiger partial charge in [0.2, 0.25) is 0 Å². The summed E-state index contributed by atoms with van der Waals surface area (Å²) >= 11 is 0. The number of hydrogen-bond donors (Lipinski definition) is 3. The molecule has 3 N–H and O–H groups in total. The summed E-state index contributed by atoms with van der Waals surface area (Å²) in [6.45, 7) is 2.49. The van der Waals surface area contributed by atoms with Gasteiger partial charge >= 0.3 is 5.97 Å². The number of hydrogen-bond acceptors (Lipinski definition) is 7. The molecule has 0 aromatic heterocycles. The first-order valence-electron chi connectivity index (χ1n) is 13.1. The topological polar surface area (TPSA) is 99.5 Å². The van der Waals surface area contributed by atoms with Gasteiger partial charge in [0.05, 0.1) is 11.0 Å². The van der Waals surface area contributed by atoms with Crippen LogP contribution in [0.2, 0.25) is 0 Å². The molecule has 3 aromatic rings. The van der Waals surface area contributed by atoms with Crippen LogP contribution in [0.3, 0.4) is 0 Å². The summed E-state index contributed by atoms with van der Waals surface area (Å²) in [5.41, 5.74) is 1.09. The molecular weight excluding hydrogens is 501 g/mol. The molecule has 200 valence electrons. The second-order valence-electron chi connectivity index (χ2n) is 11.2. The number of aromatic hydroxyl groups is 2. The van der Waals surface area contributed by atoms with Crippen molar-refractivity contribution < 1.29 is 34.0 Å². The Balaban J connectivity index is 1.28. The average Bonchev–Trinajstić information content (AvgIpc) is 3.26. The van der Waals surface area contributed by atoms with Gasteiger partial charge in [-0.15, -0.1) is 0 Å². The van der Waals surface area contributed by atoms with Gasteiger partial charge in [-0.25, -0.2) is 9.18 Å². The van der Waals surface area contributed by atoms with E-state index in [1.165, 1.54) is 18.2 Å². The zero-order chi connectivity index (χ0) is 27.3. The highest BCUT2D eigenvalue weighted by Gasteiger charge is 2.72. The van der Waals surface area contributed by atoms with Gasteiger partial charge < -0.3 is 29.7 Å². The van der Waals surface area contributed by atoms with Crippen molar-refractivity contribution >= 4 is 5.97 Å². The molecule has 2 heterocycles. The van der Waals surface area contributed by atoms with Gasteiger partial charge in [-0.05, 0) is 80.4 Å². The third-order valence-electron chi connectivity index (χ3n) is 9.22. The molecule has 8 heteroatoms. The first-order valence-corrected chi connectivity index (χ1v) is 13.1. The van der Waals surface area contributed by atoms with Gasteiger partial charge in [0, 0.05) is 23.6 Å². The quantitative estimate of drug-likeness (QED) is 0.434. The smallest absolute Gasteiger partial charge is 0.347 e. The average molecular weight is 530 g/mol. The summed E-state index contributed by atoms with van der Waals surface area (Å²) in [5, 5.41) is 33.5. The van der Waals surface area contributed by atoms with Crippen LogP contribution in [0.1, 0.15) is 39.9 Å². The van der Waals surface area contributed by atoms with E-state index in [1.54, 1.807) is 37.3 Å². The lowest BCUT2D eigenvalue weighted by atomic mass is 9.50. The minimum atomic E-state index is -1.18. The highest BCUT2D eigenvalue weighted by atomic mass is 19.1. The summed E-state index contributed by atoms with van der Waals surface area (Å²) < 4.78 is 26.9. The van der Waals surface area contributed by atoms with Crippen molar-refractivity contribution in [3.8, 4) is 28.4 Å². The number of phenolic OH excluding ortho intramolecular Hbond substituents is 2. The van der Waals surface area contributed by atoms with Gasteiger partial charge in [-0.2, -0.15) is 0 Å². The maximum absolute atomic E-state index is 14.7. The van der Waals surface area contributed by atoms with E-state index in [0.29, 0.717) is 36.3 Å². The second kappa shape index (κ2) is 8.07. The highest BCUT2D eigenvalue weighted by Crippen LogP contribution is 2.65. The van der Waals surface area contributed by atoms with E-state index < -0.39 is 28.9 Å².